The van der Waals surface area contributed by atoms with Crippen LogP contribution in [-0.4, -0.2) is 40.9 Å². The van der Waals surface area contributed by atoms with Crippen molar-refractivity contribution in [1.82, 2.24) is 35.0 Å². The summed E-state index contributed by atoms with van der Waals surface area (Å²) in [7, 11) is 0. The standard InChI is InChI=1S/C30H37N7O2/c1-2-3-4-8-15-27-33-37(28(38)20-22-11-6-5-7-12-22)30(39)36(27)21-23-16-18-24(19-17-23)25-13-9-10-14-26(25)29-31-34-35-32-29/h9-10,13-14,16-19,22H,2-8,11-12,15,20-21H2,1H3,(H,31,32,34,35). The SMILES string of the molecule is CCCCCCc1nn(C(=O)CC2CCCCC2)c(=O)n1Cc1ccc(-c2ccccc2-c2nn[nH]n2)cc1. The lowest BCUT2D eigenvalue weighted by Gasteiger charge is -2.20. The Kier molecular flexibility index (Phi) is 8.75. The summed E-state index contributed by atoms with van der Waals surface area (Å²) in [6.07, 6.45) is 11.1. The van der Waals surface area contributed by atoms with E-state index >= 15 is 0 Å². The van der Waals surface area contributed by atoms with E-state index < -0.39 is 0 Å². The summed E-state index contributed by atoms with van der Waals surface area (Å²) in [5.41, 5.74) is 3.56. The molecule has 1 N–H and O–H groups in total. The van der Waals surface area contributed by atoms with E-state index in [1.807, 2.05) is 48.5 Å². The molecule has 9 nitrogen and oxygen atoms in total. The van der Waals surface area contributed by atoms with Gasteiger partial charge in [-0.1, -0.05) is 94.0 Å². The number of hydrogen-bond donors (Lipinski definition) is 1. The molecule has 204 valence electrons. The van der Waals surface area contributed by atoms with Crippen LogP contribution in [0.25, 0.3) is 22.5 Å². The maximum Gasteiger partial charge on any atom is 0.353 e. The summed E-state index contributed by atoms with van der Waals surface area (Å²) in [5.74, 6) is 1.42. The summed E-state index contributed by atoms with van der Waals surface area (Å²) in [6, 6.07) is 16.1. The van der Waals surface area contributed by atoms with Crippen molar-refractivity contribution in [3.63, 3.8) is 0 Å². The molecule has 9 heteroatoms. The Bertz CT molecular complexity index is 1410. The van der Waals surface area contributed by atoms with Gasteiger partial charge in [-0.3, -0.25) is 9.36 Å². The normalized spacial score (nSPS) is 14.1. The van der Waals surface area contributed by atoms with Crippen LogP contribution >= 0.6 is 0 Å². The van der Waals surface area contributed by atoms with Gasteiger partial charge in [0.1, 0.15) is 5.82 Å². The Morgan fingerprint density at radius 3 is 2.46 bits per heavy atom. The molecule has 1 fully saturated rings. The number of unbranched alkanes of at least 4 members (excludes halogenated alkanes) is 3. The van der Waals surface area contributed by atoms with Gasteiger partial charge in [0.05, 0.1) is 6.54 Å². The number of tetrazole rings is 1. The number of aromatic nitrogens is 7. The van der Waals surface area contributed by atoms with Crippen molar-refractivity contribution in [3.8, 4) is 22.5 Å². The zero-order valence-corrected chi connectivity index (χ0v) is 22.7. The molecule has 0 amide bonds. The first-order chi connectivity index (χ1) is 19.1. The number of hydrogen-bond acceptors (Lipinski definition) is 6. The zero-order chi connectivity index (χ0) is 27.0. The third-order valence-electron chi connectivity index (χ3n) is 7.74. The third-order valence-corrected chi connectivity index (χ3v) is 7.74. The average molecular weight is 528 g/mol. The molecule has 4 aromatic rings. The lowest BCUT2D eigenvalue weighted by Crippen LogP contribution is -2.31. The van der Waals surface area contributed by atoms with Gasteiger partial charge >= 0.3 is 5.69 Å². The van der Waals surface area contributed by atoms with Gasteiger partial charge < -0.3 is 0 Å². The van der Waals surface area contributed by atoms with Crippen molar-refractivity contribution in [2.45, 2.75) is 84.1 Å². The molecular formula is C30H37N7O2. The van der Waals surface area contributed by atoms with Crippen molar-refractivity contribution in [2.24, 2.45) is 5.92 Å². The summed E-state index contributed by atoms with van der Waals surface area (Å²) in [4.78, 5) is 26.6. The second-order valence-corrected chi connectivity index (χ2v) is 10.6. The van der Waals surface area contributed by atoms with Gasteiger partial charge in [-0.2, -0.15) is 5.21 Å². The van der Waals surface area contributed by atoms with Gasteiger partial charge in [0.25, 0.3) is 5.91 Å². The first-order valence-corrected chi connectivity index (χ1v) is 14.3. The minimum Gasteiger partial charge on any atom is -0.274 e. The topological polar surface area (TPSA) is 111 Å². The smallest absolute Gasteiger partial charge is 0.274 e. The van der Waals surface area contributed by atoms with E-state index in [1.54, 1.807) is 4.57 Å². The first-order valence-electron chi connectivity index (χ1n) is 14.3. The molecule has 0 radical (unpaired) electrons. The molecule has 2 heterocycles. The van der Waals surface area contributed by atoms with Crippen molar-refractivity contribution >= 4 is 5.91 Å². The molecule has 2 aromatic heterocycles. The lowest BCUT2D eigenvalue weighted by molar-refractivity contribution is 0.0846. The molecule has 1 aliphatic rings. The van der Waals surface area contributed by atoms with E-state index in [0.29, 0.717) is 37.0 Å². The van der Waals surface area contributed by atoms with Gasteiger partial charge in [0, 0.05) is 18.4 Å². The highest BCUT2D eigenvalue weighted by Gasteiger charge is 2.23. The van der Waals surface area contributed by atoms with Crippen LogP contribution in [0.3, 0.4) is 0 Å². The predicted molar refractivity (Wildman–Crippen MR) is 150 cm³/mol. The number of carbonyl (C=O) groups is 1. The van der Waals surface area contributed by atoms with Crippen molar-refractivity contribution in [3.05, 3.63) is 70.4 Å². The molecule has 0 saturated heterocycles. The van der Waals surface area contributed by atoms with E-state index in [0.717, 1.165) is 65.5 Å². The molecular weight excluding hydrogens is 490 g/mol. The van der Waals surface area contributed by atoms with Crippen LogP contribution in [0.1, 0.15) is 87.3 Å². The first kappa shape index (κ1) is 26.7. The molecule has 0 spiro atoms. The van der Waals surface area contributed by atoms with Crippen LogP contribution in [0.4, 0.5) is 0 Å². The Labute approximate surface area is 228 Å². The Hall–Kier alpha value is -3.88. The number of aryl methyl sites for hydroxylation is 1. The number of carbonyl (C=O) groups excluding carboxylic acids is 1. The van der Waals surface area contributed by atoms with E-state index in [9.17, 15) is 9.59 Å². The number of benzene rings is 2. The number of aromatic amines is 1. The van der Waals surface area contributed by atoms with Crippen LogP contribution in [0, 0.1) is 5.92 Å². The molecule has 2 aromatic carbocycles. The minimum atomic E-state index is -0.326. The Morgan fingerprint density at radius 2 is 1.74 bits per heavy atom. The molecule has 5 rings (SSSR count). The second-order valence-electron chi connectivity index (χ2n) is 10.6. The van der Waals surface area contributed by atoms with Crippen LogP contribution in [-0.2, 0) is 13.0 Å². The van der Waals surface area contributed by atoms with Gasteiger partial charge in [0.2, 0.25) is 5.82 Å². The van der Waals surface area contributed by atoms with Crippen LogP contribution in [0.2, 0.25) is 0 Å². The Morgan fingerprint density at radius 1 is 0.974 bits per heavy atom. The van der Waals surface area contributed by atoms with Crippen molar-refractivity contribution < 1.29 is 4.79 Å². The van der Waals surface area contributed by atoms with Crippen LogP contribution in [0.5, 0.6) is 0 Å². The van der Waals surface area contributed by atoms with E-state index in [4.69, 9.17) is 0 Å². The van der Waals surface area contributed by atoms with Crippen LogP contribution in [0.15, 0.2) is 53.3 Å². The maximum atomic E-state index is 13.5. The van der Waals surface area contributed by atoms with Gasteiger partial charge in [-0.15, -0.1) is 20.0 Å². The summed E-state index contributed by atoms with van der Waals surface area (Å²) >= 11 is 0. The number of rotatable bonds is 11. The zero-order valence-electron chi connectivity index (χ0n) is 22.7. The number of H-pyrrole nitrogens is 1. The fraction of sp³-hybridized carbons (Fsp3) is 0.467. The molecule has 1 saturated carbocycles. The quantitative estimate of drug-likeness (QED) is 0.251. The maximum absolute atomic E-state index is 13.5. The fourth-order valence-corrected chi connectivity index (χ4v) is 5.56. The van der Waals surface area contributed by atoms with Crippen LogP contribution < -0.4 is 5.69 Å². The van der Waals surface area contributed by atoms with Gasteiger partial charge in [0.15, 0.2) is 0 Å². The highest BCUT2D eigenvalue weighted by atomic mass is 16.2. The highest BCUT2D eigenvalue weighted by Crippen LogP contribution is 2.30. The summed E-state index contributed by atoms with van der Waals surface area (Å²) in [6.45, 7) is 2.56. The van der Waals surface area contributed by atoms with Crippen molar-refractivity contribution in [1.29, 1.82) is 0 Å². The minimum absolute atomic E-state index is 0.172. The van der Waals surface area contributed by atoms with Gasteiger partial charge in [-0.05, 0) is 47.1 Å². The van der Waals surface area contributed by atoms with E-state index in [1.165, 1.54) is 19.3 Å². The third kappa shape index (κ3) is 6.41. The highest BCUT2D eigenvalue weighted by molar-refractivity contribution is 5.80. The molecule has 1 aliphatic carbocycles. The van der Waals surface area contributed by atoms with Gasteiger partial charge in [-0.25, -0.2) is 4.79 Å². The second kappa shape index (κ2) is 12.8. The molecule has 0 atom stereocenters. The Balaban J connectivity index is 1.38. The largest absolute Gasteiger partial charge is 0.353 e. The van der Waals surface area contributed by atoms with E-state index in [2.05, 4.69) is 32.6 Å². The fourth-order valence-electron chi connectivity index (χ4n) is 5.56. The molecule has 0 unspecified atom stereocenters. The summed E-state index contributed by atoms with van der Waals surface area (Å²) < 4.78 is 2.83. The monoisotopic (exact) mass is 527 g/mol. The number of nitrogens with one attached hydrogen (secondary N) is 1. The molecule has 0 aliphatic heterocycles. The average Bonchev–Trinajstić information content (AvgIpc) is 3.61. The molecule has 39 heavy (non-hydrogen) atoms. The number of nitrogens with zero attached hydrogens (tertiary/aromatic N) is 6. The predicted octanol–water partition coefficient (Wildman–Crippen LogP) is 5.67. The lowest BCUT2D eigenvalue weighted by atomic mass is 9.87. The molecule has 0 bridgehead atoms. The van der Waals surface area contributed by atoms with E-state index in [-0.39, 0.29) is 11.6 Å². The van der Waals surface area contributed by atoms with Crippen molar-refractivity contribution in [2.75, 3.05) is 0 Å². The summed E-state index contributed by atoms with van der Waals surface area (Å²) in [5, 5.41) is 19.0.